The van der Waals surface area contributed by atoms with E-state index in [9.17, 15) is 19.1 Å². The van der Waals surface area contributed by atoms with Crippen LogP contribution in [0.4, 0.5) is 16.2 Å². The smallest absolute Gasteiger partial charge is 0.326 e. The fourth-order valence-electron chi connectivity index (χ4n) is 3.86. The van der Waals surface area contributed by atoms with Crippen molar-refractivity contribution >= 4 is 23.6 Å². The van der Waals surface area contributed by atoms with Crippen molar-refractivity contribution in [1.29, 1.82) is 0 Å². The predicted octanol–water partition coefficient (Wildman–Crippen LogP) is 2.04. The number of rotatable bonds is 13. The van der Waals surface area contributed by atoms with Gasteiger partial charge in [-0.2, -0.15) is 0 Å². The summed E-state index contributed by atoms with van der Waals surface area (Å²) in [7, 11) is 3.40. The van der Waals surface area contributed by atoms with Crippen molar-refractivity contribution in [3.05, 3.63) is 41.6 Å². The quantitative estimate of drug-likeness (QED) is 0.364. The van der Waals surface area contributed by atoms with E-state index in [2.05, 4.69) is 32.7 Å². The van der Waals surface area contributed by atoms with E-state index in [4.69, 9.17) is 4.98 Å². The van der Waals surface area contributed by atoms with Crippen LogP contribution in [0.15, 0.2) is 24.5 Å². The Morgan fingerprint density at radius 1 is 1.20 bits per heavy atom. The van der Waals surface area contributed by atoms with Crippen LogP contribution >= 0.6 is 0 Å². The molecule has 0 bridgehead atoms. The van der Waals surface area contributed by atoms with E-state index in [-0.39, 0.29) is 24.8 Å². The lowest BCUT2D eigenvalue weighted by Gasteiger charge is -2.25. The summed E-state index contributed by atoms with van der Waals surface area (Å²) in [5.74, 6) is -0.679. The number of halogens is 1. The minimum Gasteiger partial charge on any atom is -0.480 e. The van der Waals surface area contributed by atoms with Gasteiger partial charge in [-0.15, -0.1) is 0 Å². The van der Waals surface area contributed by atoms with Gasteiger partial charge in [0.25, 0.3) is 0 Å². The molecular formula is C24H34FN7O3. The molecule has 2 aromatic heterocycles. The van der Waals surface area contributed by atoms with Crippen molar-refractivity contribution < 1.29 is 19.1 Å². The zero-order chi connectivity index (χ0) is 25.2. The van der Waals surface area contributed by atoms with E-state index in [1.165, 1.54) is 10.5 Å². The predicted molar refractivity (Wildman–Crippen MR) is 131 cm³/mol. The number of anilines is 2. The number of nitrogens with zero attached hydrogens (tertiary/aromatic N) is 5. The average molecular weight is 488 g/mol. The van der Waals surface area contributed by atoms with Gasteiger partial charge in [0.2, 0.25) is 11.9 Å². The monoisotopic (exact) mass is 487 g/mol. The number of likely N-dealkylation sites (N-methyl/N-ethyl adjacent to an activating group) is 1. The molecule has 2 aromatic rings. The molecule has 3 N–H and O–H groups in total. The summed E-state index contributed by atoms with van der Waals surface area (Å²) < 4.78 is 13.0. The van der Waals surface area contributed by atoms with Gasteiger partial charge in [0.1, 0.15) is 11.9 Å². The first-order chi connectivity index (χ1) is 16.8. The van der Waals surface area contributed by atoms with Crippen molar-refractivity contribution in [2.75, 3.05) is 50.9 Å². The molecule has 35 heavy (non-hydrogen) atoms. The van der Waals surface area contributed by atoms with Crippen LogP contribution in [0.2, 0.25) is 0 Å². The molecular weight excluding hydrogens is 453 g/mol. The average Bonchev–Trinajstić information content (AvgIpc) is 2.84. The second-order valence-electron chi connectivity index (χ2n) is 8.91. The van der Waals surface area contributed by atoms with E-state index in [0.717, 1.165) is 62.6 Å². The van der Waals surface area contributed by atoms with Crippen molar-refractivity contribution in [3.63, 3.8) is 0 Å². The van der Waals surface area contributed by atoms with Gasteiger partial charge in [-0.05, 0) is 56.7 Å². The Kier molecular flexibility index (Phi) is 9.71. The normalized spacial score (nSPS) is 13.6. The number of amides is 1. The van der Waals surface area contributed by atoms with Crippen LogP contribution in [0.5, 0.6) is 0 Å². The second-order valence-corrected chi connectivity index (χ2v) is 8.91. The topological polar surface area (TPSA) is 124 Å². The molecule has 11 heteroatoms. The number of nitrogens with one attached hydrogen (secondary N) is 2. The van der Waals surface area contributed by atoms with Crippen molar-refractivity contribution in [2.24, 2.45) is 0 Å². The van der Waals surface area contributed by atoms with Gasteiger partial charge in [0.05, 0.1) is 18.9 Å². The fraction of sp³-hybridized carbons (Fsp3) is 0.542. The lowest BCUT2D eigenvalue weighted by Crippen LogP contribution is -2.40. The highest BCUT2D eigenvalue weighted by molar-refractivity contribution is 5.78. The first kappa shape index (κ1) is 26.3. The van der Waals surface area contributed by atoms with Crippen LogP contribution < -0.4 is 10.6 Å². The third kappa shape index (κ3) is 8.43. The van der Waals surface area contributed by atoms with Crippen molar-refractivity contribution in [1.82, 2.24) is 24.8 Å². The number of aryl methyl sites for hydroxylation is 2. The summed E-state index contributed by atoms with van der Waals surface area (Å²) in [5, 5.41) is 15.7. The Morgan fingerprint density at radius 3 is 2.69 bits per heavy atom. The van der Waals surface area contributed by atoms with E-state index < -0.39 is 17.8 Å². The summed E-state index contributed by atoms with van der Waals surface area (Å²) in [4.78, 5) is 39.8. The number of fused-ring (bicyclic) bond motifs is 1. The van der Waals surface area contributed by atoms with Gasteiger partial charge in [0, 0.05) is 32.9 Å². The number of hydrogen-bond donors (Lipinski definition) is 3. The van der Waals surface area contributed by atoms with Gasteiger partial charge in [-0.1, -0.05) is 6.07 Å². The molecule has 0 radical (unpaired) electrons. The first-order valence-electron chi connectivity index (χ1n) is 11.9. The third-order valence-electron chi connectivity index (χ3n) is 5.92. The van der Waals surface area contributed by atoms with Gasteiger partial charge in [0.15, 0.2) is 5.82 Å². The maximum atomic E-state index is 13.0. The Bertz CT molecular complexity index is 988. The minimum absolute atomic E-state index is 0.0433. The molecule has 1 aliphatic rings. The Morgan fingerprint density at radius 2 is 1.97 bits per heavy atom. The highest BCUT2D eigenvalue weighted by Gasteiger charge is 2.21. The molecule has 0 aromatic carbocycles. The molecule has 1 aliphatic heterocycles. The number of aromatic nitrogens is 3. The first-order valence-corrected chi connectivity index (χ1v) is 11.9. The number of carboxylic acids is 1. The molecule has 0 spiro atoms. The Labute approximate surface area is 205 Å². The molecule has 0 saturated carbocycles. The van der Waals surface area contributed by atoms with E-state index >= 15 is 0 Å². The number of pyridine rings is 1. The van der Waals surface area contributed by atoms with E-state index in [1.54, 1.807) is 14.1 Å². The highest BCUT2D eigenvalue weighted by atomic mass is 19.1. The number of carboxylic acid groups (broad SMARTS) is 1. The molecule has 1 amide bonds. The van der Waals surface area contributed by atoms with Gasteiger partial charge >= 0.3 is 5.97 Å². The third-order valence-corrected chi connectivity index (χ3v) is 5.92. The fourth-order valence-corrected chi connectivity index (χ4v) is 3.86. The Hall–Kier alpha value is -3.34. The molecule has 190 valence electrons. The summed E-state index contributed by atoms with van der Waals surface area (Å²) in [6.07, 6.45) is 6.96. The molecule has 3 rings (SSSR count). The van der Waals surface area contributed by atoms with Gasteiger partial charge in [-0.25, -0.2) is 24.1 Å². The second kappa shape index (κ2) is 12.9. The summed E-state index contributed by atoms with van der Waals surface area (Å²) in [5.41, 5.74) is 2.31. The van der Waals surface area contributed by atoms with Crippen LogP contribution in [-0.4, -0.2) is 88.1 Å². The number of aliphatic carboxylic acids is 1. The molecule has 10 nitrogen and oxygen atoms in total. The summed E-state index contributed by atoms with van der Waals surface area (Å²) in [6, 6.07) is 3.26. The van der Waals surface area contributed by atoms with E-state index in [1.807, 2.05) is 4.90 Å². The molecule has 1 unspecified atom stereocenters. The molecule has 0 aliphatic carbocycles. The maximum Gasteiger partial charge on any atom is 0.326 e. The zero-order valence-corrected chi connectivity index (χ0v) is 20.3. The maximum absolute atomic E-state index is 13.0. The highest BCUT2D eigenvalue weighted by Crippen LogP contribution is 2.20. The van der Waals surface area contributed by atoms with Crippen LogP contribution in [0, 0.1) is 5.82 Å². The van der Waals surface area contributed by atoms with Gasteiger partial charge in [-0.3, -0.25) is 9.69 Å². The largest absolute Gasteiger partial charge is 0.480 e. The van der Waals surface area contributed by atoms with Gasteiger partial charge < -0.3 is 20.6 Å². The summed E-state index contributed by atoms with van der Waals surface area (Å²) in [6.45, 7) is 2.21. The number of carbonyl (C=O) groups is 2. The number of hydrogen-bond acceptors (Lipinski definition) is 8. The minimum atomic E-state index is -1.07. The van der Waals surface area contributed by atoms with Crippen LogP contribution in [0.1, 0.15) is 36.9 Å². The molecule has 0 saturated heterocycles. The number of unbranched alkanes of at least 4 members (excludes halogenated alkanes) is 1. The van der Waals surface area contributed by atoms with Crippen molar-refractivity contribution in [2.45, 2.75) is 44.6 Å². The standard InChI is InChI=1S/C24H34FN7O3/c1-31(2)21(33)16-32(13-10-20(23(34)35)30-24-27-14-18(25)15-28-24)12-4-3-7-19-9-8-17-6-5-11-26-22(17)29-19/h8-9,14-15,20H,3-7,10-13,16H2,1-2H3,(H,26,29)(H,34,35)(H,27,28,30). The lowest BCUT2D eigenvalue weighted by molar-refractivity contribution is -0.138. The van der Waals surface area contributed by atoms with Crippen LogP contribution in [-0.2, 0) is 22.4 Å². The summed E-state index contributed by atoms with van der Waals surface area (Å²) >= 11 is 0. The van der Waals surface area contributed by atoms with E-state index in [0.29, 0.717) is 13.1 Å². The lowest BCUT2D eigenvalue weighted by atomic mass is 10.1. The van der Waals surface area contributed by atoms with Crippen LogP contribution in [0.3, 0.4) is 0 Å². The zero-order valence-electron chi connectivity index (χ0n) is 20.3. The number of carbonyl (C=O) groups excluding carboxylic acids is 1. The molecule has 1 atom stereocenters. The molecule has 3 heterocycles. The SMILES string of the molecule is CN(C)C(=O)CN(CCCCc1ccc2c(n1)NCCC2)CCC(Nc1ncc(F)cn1)C(=O)O. The molecule has 0 fully saturated rings. The Balaban J connectivity index is 1.52. The van der Waals surface area contributed by atoms with Crippen molar-refractivity contribution in [3.8, 4) is 0 Å². The van der Waals surface area contributed by atoms with Crippen LogP contribution in [0.25, 0.3) is 0 Å².